The first kappa shape index (κ1) is 17.8. The molecule has 1 heterocycles. The van der Waals surface area contributed by atoms with Crippen LogP contribution < -0.4 is 3.54 Å². The predicted octanol–water partition coefficient (Wildman–Crippen LogP) is 5.84. The van der Waals surface area contributed by atoms with Crippen LogP contribution in [-0.4, -0.2) is 23.6 Å². The minimum atomic E-state index is -2.24. The molecular formula is C17H32N2Sn. The Morgan fingerprint density at radius 1 is 0.950 bits per heavy atom. The van der Waals surface area contributed by atoms with Gasteiger partial charge in [-0.1, -0.05) is 0 Å². The number of anilines is 1. The van der Waals surface area contributed by atoms with Gasteiger partial charge in [-0.3, -0.25) is 0 Å². The summed E-state index contributed by atoms with van der Waals surface area (Å²) >= 11 is -2.24. The summed E-state index contributed by atoms with van der Waals surface area (Å²) < 4.78 is 8.50. The standard InChI is InChI=1S/C5H5N2.3C4H9.Sn/c6-5-2-1-3-7-4-5;3*1-3-4-2;/h1-4,6H;3*1,3-4H2,2H3;/q-1;;;;+1. The van der Waals surface area contributed by atoms with E-state index in [1.165, 1.54) is 57.5 Å². The fourth-order valence-electron chi connectivity index (χ4n) is 2.85. The molecule has 0 aliphatic heterocycles. The molecule has 0 bridgehead atoms. The van der Waals surface area contributed by atoms with Crippen LogP contribution in [0.5, 0.6) is 0 Å². The third-order valence-electron chi connectivity index (χ3n) is 4.10. The van der Waals surface area contributed by atoms with Crippen molar-refractivity contribution >= 4 is 24.3 Å². The van der Waals surface area contributed by atoms with Crippen molar-refractivity contribution < 1.29 is 0 Å². The van der Waals surface area contributed by atoms with Crippen LogP contribution in [0.4, 0.5) is 5.69 Å². The molecule has 1 N–H and O–H groups in total. The minimum absolute atomic E-state index is 1.27. The van der Waals surface area contributed by atoms with Crippen LogP contribution in [0.15, 0.2) is 24.5 Å². The van der Waals surface area contributed by atoms with Gasteiger partial charge < -0.3 is 0 Å². The molecule has 3 heteroatoms. The zero-order chi connectivity index (χ0) is 14.7. The van der Waals surface area contributed by atoms with Gasteiger partial charge in [0.2, 0.25) is 0 Å². The van der Waals surface area contributed by atoms with Crippen LogP contribution in [0.1, 0.15) is 59.3 Å². The Bertz CT molecular complexity index is 318. The monoisotopic (exact) mass is 384 g/mol. The molecule has 1 aromatic heterocycles. The summed E-state index contributed by atoms with van der Waals surface area (Å²) in [4.78, 5) is 4.28. The van der Waals surface area contributed by atoms with Crippen molar-refractivity contribution in [3.63, 3.8) is 0 Å². The normalized spacial score (nSPS) is 11.6. The van der Waals surface area contributed by atoms with Crippen molar-refractivity contribution in [1.82, 2.24) is 4.98 Å². The molecule has 1 aromatic rings. The summed E-state index contributed by atoms with van der Waals surface area (Å²) in [5, 5.41) is 0. The first-order chi connectivity index (χ1) is 9.76. The van der Waals surface area contributed by atoms with E-state index in [1.807, 2.05) is 12.4 Å². The molecule has 0 aliphatic rings. The average Bonchev–Trinajstić information content (AvgIpc) is 2.49. The Balaban J connectivity index is 2.81. The van der Waals surface area contributed by atoms with Crippen molar-refractivity contribution in [1.29, 1.82) is 0 Å². The number of hydrogen-bond acceptors (Lipinski definition) is 2. The van der Waals surface area contributed by atoms with E-state index in [4.69, 9.17) is 0 Å². The summed E-state index contributed by atoms with van der Waals surface area (Å²) in [5.74, 6) is 0. The number of unbranched alkanes of at least 4 members (excludes halogenated alkanes) is 3. The van der Waals surface area contributed by atoms with E-state index in [9.17, 15) is 0 Å². The van der Waals surface area contributed by atoms with Gasteiger partial charge in [-0.15, -0.1) is 0 Å². The quantitative estimate of drug-likeness (QED) is 0.486. The number of rotatable bonds is 11. The van der Waals surface area contributed by atoms with Gasteiger partial charge in [0.15, 0.2) is 0 Å². The van der Waals surface area contributed by atoms with Crippen molar-refractivity contribution in [2.24, 2.45) is 0 Å². The molecular weight excluding hydrogens is 351 g/mol. The summed E-state index contributed by atoms with van der Waals surface area (Å²) in [6.07, 6.45) is 12.1. The van der Waals surface area contributed by atoms with Gasteiger partial charge >= 0.3 is 130 Å². The van der Waals surface area contributed by atoms with Crippen molar-refractivity contribution in [3.05, 3.63) is 24.5 Å². The van der Waals surface area contributed by atoms with Crippen LogP contribution in [0, 0.1) is 0 Å². The zero-order valence-electron chi connectivity index (χ0n) is 13.6. The molecule has 0 spiro atoms. The summed E-state index contributed by atoms with van der Waals surface area (Å²) in [6.45, 7) is 6.96. The molecule has 0 unspecified atom stereocenters. The fourth-order valence-corrected chi connectivity index (χ4v) is 17.1. The molecule has 0 atom stereocenters. The molecule has 0 radical (unpaired) electrons. The Morgan fingerprint density at radius 3 is 1.90 bits per heavy atom. The molecule has 114 valence electrons. The Morgan fingerprint density at radius 2 is 1.50 bits per heavy atom. The average molecular weight is 383 g/mol. The SMILES string of the molecule is CCC[CH2][Sn]([CH2]CCC)([CH2]CCC)[NH]c1cccnc1. The molecule has 0 aromatic carbocycles. The molecule has 0 fully saturated rings. The second-order valence-corrected chi connectivity index (χ2v) is 18.3. The number of aromatic nitrogens is 1. The van der Waals surface area contributed by atoms with E-state index in [1.54, 1.807) is 0 Å². The summed E-state index contributed by atoms with van der Waals surface area (Å²) in [5.41, 5.74) is 1.27. The Labute approximate surface area is 130 Å². The van der Waals surface area contributed by atoms with Gasteiger partial charge in [-0.2, -0.15) is 0 Å². The third-order valence-corrected chi connectivity index (χ3v) is 17.7. The molecule has 0 aliphatic carbocycles. The van der Waals surface area contributed by atoms with Crippen LogP contribution in [0.2, 0.25) is 13.3 Å². The fraction of sp³-hybridized carbons (Fsp3) is 0.706. The van der Waals surface area contributed by atoms with E-state index in [0.29, 0.717) is 0 Å². The topological polar surface area (TPSA) is 24.9 Å². The van der Waals surface area contributed by atoms with Gasteiger partial charge in [0, 0.05) is 0 Å². The van der Waals surface area contributed by atoms with Crippen molar-refractivity contribution in [2.75, 3.05) is 3.54 Å². The van der Waals surface area contributed by atoms with Gasteiger partial charge in [0.05, 0.1) is 0 Å². The van der Waals surface area contributed by atoms with Crippen molar-refractivity contribution in [2.45, 2.75) is 72.6 Å². The number of pyridine rings is 1. The first-order valence-corrected chi connectivity index (χ1v) is 15.9. The molecule has 2 nitrogen and oxygen atoms in total. The number of nitrogens with zero attached hydrogens (tertiary/aromatic N) is 1. The van der Waals surface area contributed by atoms with Crippen LogP contribution in [-0.2, 0) is 0 Å². The number of hydrogen-bond donors (Lipinski definition) is 1. The Hall–Kier alpha value is -0.251. The van der Waals surface area contributed by atoms with Crippen molar-refractivity contribution in [3.8, 4) is 0 Å². The summed E-state index contributed by atoms with van der Waals surface area (Å²) in [7, 11) is 0. The van der Waals surface area contributed by atoms with E-state index < -0.39 is 18.7 Å². The number of nitrogens with one attached hydrogen (secondary N) is 1. The molecule has 0 amide bonds. The molecule has 20 heavy (non-hydrogen) atoms. The predicted molar refractivity (Wildman–Crippen MR) is 92.8 cm³/mol. The molecule has 1 rings (SSSR count). The molecule has 0 saturated heterocycles. The van der Waals surface area contributed by atoms with Gasteiger partial charge in [0.25, 0.3) is 0 Å². The van der Waals surface area contributed by atoms with Crippen LogP contribution in [0.3, 0.4) is 0 Å². The van der Waals surface area contributed by atoms with E-state index in [0.717, 1.165) is 0 Å². The maximum absolute atomic E-state index is 4.28. The van der Waals surface area contributed by atoms with E-state index in [-0.39, 0.29) is 0 Å². The van der Waals surface area contributed by atoms with Gasteiger partial charge in [0.1, 0.15) is 0 Å². The van der Waals surface area contributed by atoms with Gasteiger partial charge in [-0.05, 0) is 0 Å². The van der Waals surface area contributed by atoms with Gasteiger partial charge in [-0.25, -0.2) is 0 Å². The van der Waals surface area contributed by atoms with Crippen LogP contribution in [0.25, 0.3) is 0 Å². The zero-order valence-corrected chi connectivity index (χ0v) is 16.5. The summed E-state index contributed by atoms with van der Waals surface area (Å²) in [6, 6.07) is 4.25. The second kappa shape index (κ2) is 10.5. The van der Waals surface area contributed by atoms with E-state index in [2.05, 4.69) is 41.4 Å². The Kier molecular flexibility index (Phi) is 9.32. The molecule has 0 saturated carbocycles. The first-order valence-electron chi connectivity index (χ1n) is 8.44. The van der Waals surface area contributed by atoms with Crippen LogP contribution >= 0.6 is 0 Å². The van der Waals surface area contributed by atoms with E-state index >= 15 is 0 Å². The second-order valence-electron chi connectivity index (χ2n) is 5.96. The third kappa shape index (κ3) is 6.47. The maximum atomic E-state index is 4.28.